The maximum atomic E-state index is 15.0. The molecule has 0 saturated carbocycles. The lowest BCUT2D eigenvalue weighted by atomic mass is 9.87. The first kappa shape index (κ1) is 28.9. The van der Waals surface area contributed by atoms with Crippen molar-refractivity contribution in [2.24, 2.45) is 11.8 Å². The average molecular weight is 553 g/mol. The van der Waals surface area contributed by atoms with Crippen LogP contribution in [-0.4, -0.2) is 27.4 Å². The number of ether oxygens (including phenoxy) is 1. The summed E-state index contributed by atoms with van der Waals surface area (Å²) in [6, 6.07) is 5.06. The number of aromatic nitrogens is 2. The van der Waals surface area contributed by atoms with E-state index in [0.717, 1.165) is 23.9 Å². The number of nitrogens with zero attached hydrogens (tertiary/aromatic N) is 3. The van der Waals surface area contributed by atoms with Gasteiger partial charge in [0.1, 0.15) is 5.75 Å². The molecule has 0 saturated heterocycles. The first-order chi connectivity index (χ1) is 17.6. The molecule has 0 bridgehead atoms. The molecule has 2 heterocycles. The molecule has 202 valence electrons. The van der Waals surface area contributed by atoms with Gasteiger partial charge >= 0.3 is 5.92 Å². The van der Waals surface area contributed by atoms with E-state index in [1.807, 2.05) is 6.07 Å². The van der Waals surface area contributed by atoms with Gasteiger partial charge in [-0.25, -0.2) is 13.8 Å². The van der Waals surface area contributed by atoms with Crippen LogP contribution in [0.3, 0.4) is 0 Å². The van der Waals surface area contributed by atoms with Crippen LogP contribution in [-0.2, 0) is 17.3 Å². The van der Waals surface area contributed by atoms with Gasteiger partial charge in [0, 0.05) is 30.5 Å². The molecule has 12 heteroatoms. The second kappa shape index (κ2) is 10.6. The second-order valence-electron chi connectivity index (χ2n) is 9.38. The molecule has 38 heavy (non-hydrogen) atoms. The molecule has 1 aliphatic rings. The van der Waals surface area contributed by atoms with Crippen LogP contribution >= 0.6 is 11.6 Å². The van der Waals surface area contributed by atoms with Crippen molar-refractivity contribution in [2.75, 3.05) is 0 Å². The van der Waals surface area contributed by atoms with E-state index in [1.54, 1.807) is 13.8 Å². The summed E-state index contributed by atoms with van der Waals surface area (Å²) in [4.78, 5) is 29.6. The lowest BCUT2D eigenvalue weighted by Crippen LogP contribution is -2.40. The normalized spacial score (nSPS) is 20.2. The number of alkyl halides is 4. The van der Waals surface area contributed by atoms with E-state index in [-0.39, 0.29) is 22.9 Å². The molecule has 7 nitrogen and oxygen atoms in total. The third-order valence-electron chi connectivity index (χ3n) is 6.38. The summed E-state index contributed by atoms with van der Waals surface area (Å²) >= 11 is 5.99. The minimum atomic E-state index is -3.76. The predicted molar refractivity (Wildman–Crippen MR) is 132 cm³/mol. The Balaban J connectivity index is 2.17. The molecule has 3 unspecified atom stereocenters. The standard InChI is InChI=1S/C26H25ClF4N4O3/c1-13(2)26(30,31)22-21(38-19-7-16(10-32)6-18(27)9-19)24(37)35(12-33-22)11-17-8-20(25(5,28)29)23(36)34-15(4)14(17)3/h6-9,12,14-15,17H,1,11H2,2-5H3,(H,34,36). The largest absolute Gasteiger partial charge is 0.449 e. The Morgan fingerprint density at radius 3 is 2.50 bits per heavy atom. The maximum Gasteiger partial charge on any atom is 0.314 e. The third-order valence-corrected chi connectivity index (χ3v) is 6.60. The monoisotopic (exact) mass is 552 g/mol. The summed E-state index contributed by atoms with van der Waals surface area (Å²) in [7, 11) is 0. The topological polar surface area (TPSA) is 97.0 Å². The highest BCUT2D eigenvalue weighted by Crippen LogP contribution is 2.39. The molecule has 3 atom stereocenters. The Hall–Kier alpha value is -3.65. The number of allylic oxidation sites excluding steroid dienone is 2. The molecule has 1 N–H and O–H groups in total. The minimum Gasteiger partial charge on any atom is -0.449 e. The number of nitrogens with one attached hydrogen (secondary N) is 1. The molecule has 2 aromatic rings. The first-order valence-corrected chi connectivity index (χ1v) is 11.9. The molecule has 3 rings (SSSR count). The van der Waals surface area contributed by atoms with Crippen molar-refractivity contribution >= 4 is 17.5 Å². The molecule has 1 aliphatic heterocycles. The van der Waals surface area contributed by atoms with E-state index in [2.05, 4.69) is 16.9 Å². The number of hydrogen-bond donors (Lipinski definition) is 1. The van der Waals surface area contributed by atoms with Gasteiger partial charge < -0.3 is 10.1 Å². The molecule has 0 fully saturated rings. The van der Waals surface area contributed by atoms with Crippen molar-refractivity contribution in [2.45, 2.75) is 52.1 Å². The van der Waals surface area contributed by atoms with Gasteiger partial charge in [-0.3, -0.25) is 14.2 Å². The van der Waals surface area contributed by atoms with Crippen LogP contribution < -0.4 is 15.6 Å². The quantitative estimate of drug-likeness (QED) is 0.357. The van der Waals surface area contributed by atoms with Crippen molar-refractivity contribution in [1.82, 2.24) is 14.9 Å². The van der Waals surface area contributed by atoms with Crippen molar-refractivity contribution in [3.05, 3.63) is 75.0 Å². The van der Waals surface area contributed by atoms with E-state index in [1.165, 1.54) is 18.2 Å². The Morgan fingerprint density at radius 1 is 1.26 bits per heavy atom. The summed E-state index contributed by atoms with van der Waals surface area (Å²) in [5, 5.41) is 11.8. The highest BCUT2D eigenvalue weighted by atomic mass is 35.5. The van der Waals surface area contributed by atoms with E-state index in [4.69, 9.17) is 16.3 Å². The first-order valence-electron chi connectivity index (χ1n) is 11.5. The van der Waals surface area contributed by atoms with E-state index in [9.17, 15) is 23.6 Å². The van der Waals surface area contributed by atoms with Gasteiger partial charge in [0.15, 0.2) is 5.69 Å². The number of halogens is 5. The van der Waals surface area contributed by atoms with Gasteiger partial charge in [-0.2, -0.15) is 14.0 Å². The number of carbonyl (C=O) groups excluding carboxylic acids is 1. The molecule has 1 aromatic carbocycles. The number of benzene rings is 1. The van der Waals surface area contributed by atoms with Crippen LogP contribution in [0.2, 0.25) is 5.02 Å². The lowest BCUT2D eigenvalue weighted by molar-refractivity contribution is -0.120. The zero-order chi connectivity index (χ0) is 28.6. The SMILES string of the molecule is C=C(C)C(F)(F)c1ncn(CC2C=C(C(C)(F)F)C(=O)NC(C)C2C)c(=O)c1Oc1cc(Cl)cc(C#N)c1. The smallest absolute Gasteiger partial charge is 0.314 e. The third kappa shape index (κ3) is 5.91. The number of rotatable bonds is 7. The van der Waals surface area contributed by atoms with Crippen molar-refractivity contribution in [3.8, 4) is 17.6 Å². The molecular formula is C26H25ClF4N4O3. The van der Waals surface area contributed by atoms with Gasteiger partial charge in [-0.15, -0.1) is 0 Å². The number of amides is 1. The van der Waals surface area contributed by atoms with Gasteiger partial charge in [-0.1, -0.05) is 31.2 Å². The van der Waals surface area contributed by atoms with Gasteiger partial charge in [-0.05, 0) is 43.5 Å². The zero-order valence-corrected chi connectivity index (χ0v) is 21.7. The van der Waals surface area contributed by atoms with E-state index < -0.39 is 63.8 Å². The zero-order valence-electron chi connectivity index (χ0n) is 21.0. The molecule has 1 aromatic heterocycles. The van der Waals surface area contributed by atoms with Crippen LogP contribution in [0.4, 0.5) is 17.6 Å². The molecule has 1 amide bonds. The Bertz CT molecular complexity index is 1410. The summed E-state index contributed by atoms with van der Waals surface area (Å²) in [5.41, 5.74) is -3.35. The summed E-state index contributed by atoms with van der Waals surface area (Å²) in [5.74, 6) is -10.4. The van der Waals surface area contributed by atoms with E-state index >= 15 is 8.78 Å². The molecule has 0 radical (unpaired) electrons. The molecular weight excluding hydrogens is 528 g/mol. The average Bonchev–Trinajstić information content (AvgIpc) is 2.91. The Labute approximate surface area is 221 Å². The lowest BCUT2D eigenvalue weighted by Gasteiger charge is -2.26. The van der Waals surface area contributed by atoms with Crippen molar-refractivity contribution in [1.29, 1.82) is 5.26 Å². The maximum absolute atomic E-state index is 15.0. The van der Waals surface area contributed by atoms with Gasteiger partial charge in [0.05, 0.1) is 23.5 Å². The van der Waals surface area contributed by atoms with Crippen LogP contribution in [0.5, 0.6) is 11.5 Å². The van der Waals surface area contributed by atoms with Gasteiger partial charge in [0.25, 0.3) is 17.4 Å². The van der Waals surface area contributed by atoms with Crippen molar-refractivity contribution in [3.63, 3.8) is 0 Å². The summed E-state index contributed by atoms with van der Waals surface area (Å²) in [6.07, 6.45) is 1.97. The highest BCUT2D eigenvalue weighted by molar-refractivity contribution is 6.30. The predicted octanol–water partition coefficient (Wildman–Crippen LogP) is 5.58. The fourth-order valence-corrected chi connectivity index (χ4v) is 4.17. The Kier molecular flexibility index (Phi) is 8.07. The molecule has 0 aliphatic carbocycles. The van der Waals surface area contributed by atoms with Crippen LogP contribution in [0.1, 0.15) is 39.0 Å². The fourth-order valence-electron chi connectivity index (χ4n) is 3.94. The second-order valence-corrected chi connectivity index (χ2v) is 9.81. The van der Waals surface area contributed by atoms with Crippen LogP contribution in [0, 0.1) is 23.2 Å². The minimum absolute atomic E-state index is 0.0570. The van der Waals surface area contributed by atoms with Crippen LogP contribution in [0.25, 0.3) is 0 Å². The number of nitriles is 1. The van der Waals surface area contributed by atoms with E-state index in [0.29, 0.717) is 6.92 Å². The number of hydrogen-bond acceptors (Lipinski definition) is 5. The van der Waals surface area contributed by atoms with Crippen LogP contribution in [0.15, 0.2) is 53.1 Å². The van der Waals surface area contributed by atoms with Gasteiger partial charge in [0.2, 0.25) is 5.75 Å². The fraction of sp³-hybridized carbons (Fsp3) is 0.385. The highest BCUT2D eigenvalue weighted by Gasteiger charge is 2.41. The summed E-state index contributed by atoms with van der Waals surface area (Å²) in [6.45, 7) is 7.99. The number of carbonyl (C=O) groups is 1. The Morgan fingerprint density at radius 2 is 1.92 bits per heavy atom. The molecule has 0 spiro atoms. The summed E-state index contributed by atoms with van der Waals surface area (Å²) < 4.78 is 64.9. The van der Waals surface area contributed by atoms with Crippen molar-refractivity contribution < 1.29 is 27.1 Å².